The van der Waals surface area contributed by atoms with Crippen molar-refractivity contribution in [3.05, 3.63) is 47.8 Å². The molecular weight excluding hydrogens is 271 g/mol. The minimum atomic E-state index is -0.369. The number of benzene rings is 1. The van der Waals surface area contributed by atoms with E-state index in [9.17, 15) is 4.39 Å². The molecule has 5 nitrogen and oxygen atoms in total. The number of ether oxygens (including phenoxy) is 1. The van der Waals surface area contributed by atoms with Crippen LogP contribution in [-0.4, -0.2) is 14.5 Å². The zero-order valence-electron chi connectivity index (χ0n) is 11.4. The summed E-state index contributed by atoms with van der Waals surface area (Å²) in [5, 5.41) is 3.72. The first-order valence-corrected chi connectivity index (χ1v) is 6.69. The average Bonchev–Trinajstić information content (AvgIpc) is 3.10. The van der Waals surface area contributed by atoms with Crippen LogP contribution in [0.25, 0.3) is 10.9 Å². The lowest BCUT2D eigenvalue weighted by Crippen LogP contribution is -2.01. The molecule has 21 heavy (non-hydrogen) atoms. The lowest BCUT2D eigenvalue weighted by atomic mass is 10.2. The highest BCUT2D eigenvalue weighted by Crippen LogP contribution is 2.32. The summed E-state index contributed by atoms with van der Waals surface area (Å²) < 4.78 is 22.1. The van der Waals surface area contributed by atoms with E-state index in [0.29, 0.717) is 24.4 Å². The maximum atomic E-state index is 14.5. The molecule has 6 heteroatoms. The highest BCUT2D eigenvalue weighted by atomic mass is 19.1. The van der Waals surface area contributed by atoms with Crippen molar-refractivity contribution in [2.45, 2.75) is 13.1 Å². The number of aryl methyl sites for hydroxylation is 1. The van der Waals surface area contributed by atoms with Crippen molar-refractivity contribution >= 4 is 10.9 Å². The second kappa shape index (κ2) is 4.53. The van der Waals surface area contributed by atoms with E-state index >= 15 is 0 Å². The summed E-state index contributed by atoms with van der Waals surface area (Å²) in [7, 11) is 1.88. The molecule has 2 aromatic heterocycles. The highest BCUT2D eigenvalue weighted by molar-refractivity contribution is 5.82. The van der Waals surface area contributed by atoms with Crippen molar-refractivity contribution in [3.63, 3.8) is 0 Å². The van der Waals surface area contributed by atoms with Gasteiger partial charge in [0, 0.05) is 31.7 Å². The number of aromatic nitrogens is 3. The van der Waals surface area contributed by atoms with E-state index in [2.05, 4.69) is 15.3 Å². The molecule has 0 fully saturated rings. The summed E-state index contributed by atoms with van der Waals surface area (Å²) in [6.07, 6.45) is 3.27. The van der Waals surface area contributed by atoms with Crippen LogP contribution in [0, 0.1) is 5.82 Å². The summed E-state index contributed by atoms with van der Waals surface area (Å²) in [4.78, 5) is 8.31. The second-order valence-corrected chi connectivity index (χ2v) is 5.05. The number of nitrogens with one attached hydrogen (secondary N) is 1. The number of nitrogens with zero attached hydrogens (tertiary/aromatic N) is 3. The Hall–Kier alpha value is -2.47. The molecule has 1 aromatic carbocycles. The summed E-state index contributed by atoms with van der Waals surface area (Å²) in [5.74, 6) is 0.229. The Morgan fingerprint density at radius 2 is 2.14 bits per heavy atom. The third-order valence-electron chi connectivity index (χ3n) is 3.76. The number of hydrogen-bond acceptors (Lipinski definition) is 4. The van der Waals surface area contributed by atoms with Crippen molar-refractivity contribution in [2.75, 3.05) is 0 Å². The van der Waals surface area contributed by atoms with E-state index in [4.69, 9.17) is 4.74 Å². The van der Waals surface area contributed by atoms with Crippen molar-refractivity contribution in [1.82, 2.24) is 19.9 Å². The normalized spacial score (nSPS) is 13.6. The Labute approximate surface area is 120 Å². The van der Waals surface area contributed by atoms with Crippen LogP contribution >= 0.6 is 0 Å². The van der Waals surface area contributed by atoms with E-state index in [1.54, 1.807) is 12.1 Å². The monoisotopic (exact) mass is 284 g/mol. The van der Waals surface area contributed by atoms with Crippen molar-refractivity contribution in [3.8, 4) is 11.6 Å². The fraction of sp³-hybridized carbons (Fsp3) is 0.200. The predicted octanol–water partition coefficient (Wildman–Crippen LogP) is 2.50. The number of fused-ring (bicyclic) bond motifs is 2. The Kier molecular flexibility index (Phi) is 2.65. The van der Waals surface area contributed by atoms with Gasteiger partial charge in [-0.05, 0) is 18.2 Å². The molecule has 0 spiro atoms. The van der Waals surface area contributed by atoms with Crippen LogP contribution in [0.1, 0.15) is 11.3 Å². The van der Waals surface area contributed by atoms with Crippen LogP contribution in [0.3, 0.4) is 0 Å². The van der Waals surface area contributed by atoms with Crippen LogP contribution in [0.15, 0.2) is 30.7 Å². The van der Waals surface area contributed by atoms with Crippen LogP contribution in [0.4, 0.5) is 4.39 Å². The molecule has 0 radical (unpaired) electrons. The topological polar surface area (TPSA) is 52.0 Å². The van der Waals surface area contributed by atoms with Gasteiger partial charge in [0.05, 0.1) is 16.8 Å². The van der Waals surface area contributed by atoms with E-state index in [1.165, 1.54) is 6.33 Å². The van der Waals surface area contributed by atoms with E-state index in [1.807, 2.05) is 23.9 Å². The van der Waals surface area contributed by atoms with Gasteiger partial charge in [-0.25, -0.2) is 14.4 Å². The standard InChI is InChI=1S/C15H13FN4O/c1-20-5-4-9-12(20)2-3-13(14(9)16)21-15-10-6-17-7-11(10)18-8-19-15/h2-5,8,17H,6-7H2,1H3. The van der Waals surface area contributed by atoms with Gasteiger partial charge in [-0.1, -0.05) is 0 Å². The summed E-state index contributed by atoms with van der Waals surface area (Å²) in [6.45, 7) is 1.33. The molecule has 1 aliphatic rings. The van der Waals surface area contributed by atoms with Gasteiger partial charge in [-0.2, -0.15) is 0 Å². The maximum Gasteiger partial charge on any atom is 0.227 e. The first-order valence-electron chi connectivity index (χ1n) is 6.69. The molecule has 3 heterocycles. The van der Waals surface area contributed by atoms with Crippen LogP contribution in [0.2, 0.25) is 0 Å². The van der Waals surface area contributed by atoms with Crippen LogP contribution in [-0.2, 0) is 20.1 Å². The van der Waals surface area contributed by atoms with Crippen LogP contribution in [0.5, 0.6) is 11.6 Å². The zero-order valence-corrected chi connectivity index (χ0v) is 11.4. The molecule has 0 bridgehead atoms. The van der Waals surface area contributed by atoms with Gasteiger partial charge in [0.1, 0.15) is 6.33 Å². The Balaban J connectivity index is 1.78. The number of hydrogen-bond donors (Lipinski definition) is 1. The molecule has 0 saturated heterocycles. The quantitative estimate of drug-likeness (QED) is 0.785. The lowest BCUT2D eigenvalue weighted by molar-refractivity contribution is 0.424. The molecule has 0 amide bonds. The van der Waals surface area contributed by atoms with Gasteiger partial charge in [-0.15, -0.1) is 0 Å². The summed E-state index contributed by atoms with van der Waals surface area (Å²) in [5.41, 5.74) is 2.63. The largest absolute Gasteiger partial charge is 0.435 e. The average molecular weight is 284 g/mol. The van der Waals surface area contributed by atoms with Gasteiger partial charge in [0.25, 0.3) is 0 Å². The molecule has 4 rings (SSSR count). The van der Waals surface area contributed by atoms with Gasteiger partial charge in [0.2, 0.25) is 5.88 Å². The molecule has 0 saturated carbocycles. The molecule has 1 N–H and O–H groups in total. The van der Waals surface area contributed by atoms with Gasteiger partial charge in [0.15, 0.2) is 11.6 Å². The predicted molar refractivity (Wildman–Crippen MR) is 75.5 cm³/mol. The van der Waals surface area contributed by atoms with Crippen molar-refractivity contribution in [2.24, 2.45) is 7.05 Å². The molecule has 0 unspecified atom stereocenters. The van der Waals surface area contributed by atoms with Crippen molar-refractivity contribution < 1.29 is 9.13 Å². The van der Waals surface area contributed by atoms with Gasteiger partial charge in [-0.3, -0.25) is 0 Å². The second-order valence-electron chi connectivity index (χ2n) is 5.05. The first-order chi connectivity index (χ1) is 10.2. The molecular formula is C15H13FN4O. The first kappa shape index (κ1) is 12.3. The minimum absolute atomic E-state index is 0.182. The molecule has 0 atom stereocenters. The smallest absolute Gasteiger partial charge is 0.227 e. The molecule has 0 aliphatic carbocycles. The SMILES string of the molecule is Cn1ccc2c(F)c(Oc3ncnc4c3CNC4)ccc21. The van der Waals surface area contributed by atoms with Gasteiger partial charge < -0.3 is 14.6 Å². The Morgan fingerprint density at radius 3 is 3.05 bits per heavy atom. The highest BCUT2D eigenvalue weighted by Gasteiger charge is 2.20. The third-order valence-corrected chi connectivity index (χ3v) is 3.76. The van der Waals surface area contributed by atoms with E-state index < -0.39 is 0 Å². The molecule has 1 aliphatic heterocycles. The summed E-state index contributed by atoms with van der Waals surface area (Å²) in [6, 6.07) is 5.21. The summed E-state index contributed by atoms with van der Waals surface area (Å²) >= 11 is 0. The van der Waals surface area contributed by atoms with Crippen molar-refractivity contribution in [1.29, 1.82) is 0 Å². The Morgan fingerprint density at radius 1 is 1.24 bits per heavy atom. The molecule has 106 valence electrons. The molecule has 3 aromatic rings. The number of rotatable bonds is 2. The fourth-order valence-electron chi connectivity index (χ4n) is 2.63. The maximum absolute atomic E-state index is 14.5. The zero-order chi connectivity index (χ0) is 14.4. The minimum Gasteiger partial charge on any atom is -0.435 e. The van der Waals surface area contributed by atoms with E-state index in [0.717, 1.165) is 16.8 Å². The van der Waals surface area contributed by atoms with Crippen LogP contribution < -0.4 is 10.1 Å². The van der Waals surface area contributed by atoms with E-state index in [-0.39, 0.29) is 11.6 Å². The number of halogens is 1. The van der Waals surface area contributed by atoms with Gasteiger partial charge >= 0.3 is 0 Å². The Bertz CT molecular complexity index is 843. The lowest BCUT2D eigenvalue weighted by Gasteiger charge is -2.09. The third kappa shape index (κ3) is 1.87. The fourth-order valence-corrected chi connectivity index (χ4v) is 2.63.